The van der Waals surface area contributed by atoms with Crippen LogP contribution in [0.2, 0.25) is 10.0 Å². The van der Waals surface area contributed by atoms with E-state index < -0.39 is 6.03 Å². The third-order valence-corrected chi connectivity index (χ3v) is 3.69. The van der Waals surface area contributed by atoms with Crippen molar-refractivity contribution < 1.29 is 4.79 Å². The van der Waals surface area contributed by atoms with Gasteiger partial charge in [0.2, 0.25) is 0 Å². The van der Waals surface area contributed by atoms with Crippen LogP contribution in [0.1, 0.15) is 0 Å². The lowest BCUT2D eigenvalue weighted by Crippen LogP contribution is -2.20. The minimum atomic E-state index is -0.404. The zero-order valence-corrected chi connectivity index (χ0v) is 14.3. The van der Waals surface area contributed by atoms with E-state index in [1.807, 2.05) is 18.2 Å². The second-order valence-corrected chi connectivity index (χ2v) is 5.84. The molecule has 1 heterocycles. The van der Waals surface area contributed by atoms with E-state index in [0.29, 0.717) is 33.1 Å². The number of anilines is 4. The first-order valence-electron chi connectivity index (χ1n) is 7.29. The minimum Gasteiger partial charge on any atom is -0.337 e. The molecule has 3 rings (SSSR count). The fraction of sp³-hybridized carbons (Fsp3) is 0. The number of rotatable bonds is 4. The monoisotopic (exact) mass is 373 g/mol. The van der Waals surface area contributed by atoms with E-state index in [-0.39, 0.29) is 0 Å². The van der Waals surface area contributed by atoms with E-state index in [2.05, 4.69) is 26.1 Å². The van der Waals surface area contributed by atoms with Crippen molar-refractivity contribution in [3.05, 3.63) is 70.7 Å². The van der Waals surface area contributed by atoms with Gasteiger partial charge in [-0.05, 0) is 42.5 Å². The second-order valence-electron chi connectivity index (χ2n) is 5.00. The Labute approximate surface area is 154 Å². The molecule has 0 aliphatic heterocycles. The van der Waals surface area contributed by atoms with Gasteiger partial charge in [-0.3, -0.25) is 5.32 Å². The Morgan fingerprint density at radius 3 is 2.28 bits per heavy atom. The minimum absolute atomic E-state index is 0.316. The highest BCUT2D eigenvalue weighted by Crippen LogP contribution is 2.27. The van der Waals surface area contributed by atoms with Gasteiger partial charge in [-0.2, -0.15) is 0 Å². The number of amides is 2. The van der Waals surface area contributed by atoms with Gasteiger partial charge in [0.25, 0.3) is 0 Å². The molecule has 0 unspecified atom stereocenters. The van der Waals surface area contributed by atoms with Crippen LogP contribution in [-0.4, -0.2) is 16.2 Å². The Morgan fingerprint density at radius 2 is 1.56 bits per heavy atom. The fourth-order valence-corrected chi connectivity index (χ4v) is 2.33. The van der Waals surface area contributed by atoms with Crippen molar-refractivity contribution in [2.24, 2.45) is 0 Å². The summed E-state index contributed by atoms with van der Waals surface area (Å²) >= 11 is 12.0. The molecule has 0 saturated carbocycles. The van der Waals surface area contributed by atoms with E-state index in [4.69, 9.17) is 23.2 Å². The quantitative estimate of drug-likeness (QED) is 0.589. The Morgan fingerprint density at radius 1 is 0.840 bits per heavy atom. The summed E-state index contributed by atoms with van der Waals surface area (Å²) in [6, 6.07) is 17.0. The van der Waals surface area contributed by atoms with Crippen LogP contribution in [0.5, 0.6) is 0 Å². The maximum absolute atomic E-state index is 11.9. The summed E-state index contributed by atoms with van der Waals surface area (Å²) < 4.78 is 0. The Bertz CT molecular complexity index is 872. The van der Waals surface area contributed by atoms with E-state index in [1.54, 1.807) is 42.5 Å². The molecular weight excluding hydrogens is 361 g/mol. The molecule has 0 aliphatic rings. The van der Waals surface area contributed by atoms with Crippen LogP contribution in [0.15, 0.2) is 60.7 Å². The normalized spacial score (nSPS) is 10.2. The Kier molecular flexibility index (Phi) is 5.33. The van der Waals surface area contributed by atoms with Crippen molar-refractivity contribution in [3.63, 3.8) is 0 Å². The van der Waals surface area contributed by atoms with Crippen LogP contribution in [-0.2, 0) is 0 Å². The first kappa shape index (κ1) is 17.0. The van der Waals surface area contributed by atoms with Crippen molar-refractivity contribution in [1.82, 2.24) is 10.2 Å². The van der Waals surface area contributed by atoms with Crippen molar-refractivity contribution in [3.8, 4) is 0 Å². The highest BCUT2D eigenvalue weighted by molar-refractivity contribution is 6.35. The number of nitrogens with one attached hydrogen (secondary N) is 3. The molecule has 0 fully saturated rings. The van der Waals surface area contributed by atoms with Gasteiger partial charge < -0.3 is 10.6 Å². The summed E-state index contributed by atoms with van der Waals surface area (Å²) in [7, 11) is 0. The maximum Gasteiger partial charge on any atom is 0.324 e. The lowest BCUT2D eigenvalue weighted by Gasteiger charge is -2.09. The molecule has 0 atom stereocenters. The molecule has 3 N–H and O–H groups in total. The van der Waals surface area contributed by atoms with Crippen LogP contribution in [0, 0.1) is 0 Å². The maximum atomic E-state index is 11.9. The Hall–Kier alpha value is -2.83. The van der Waals surface area contributed by atoms with Crippen LogP contribution >= 0.6 is 23.2 Å². The number of aromatic nitrogens is 2. The van der Waals surface area contributed by atoms with Gasteiger partial charge >= 0.3 is 6.03 Å². The van der Waals surface area contributed by atoms with Gasteiger partial charge in [0, 0.05) is 10.7 Å². The van der Waals surface area contributed by atoms with Crippen LogP contribution in [0.4, 0.5) is 27.8 Å². The summed E-state index contributed by atoms with van der Waals surface area (Å²) in [6.45, 7) is 0. The molecular formula is C17H13Cl2N5O. The molecule has 6 nitrogen and oxygen atoms in total. The number of benzene rings is 2. The smallest absolute Gasteiger partial charge is 0.324 e. The van der Waals surface area contributed by atoms with Gasteiger partial charge in [-0.1, -0.05) is 41.4 Å². The molecule has 0 aliphatic carbocycles. The molecule has 0 radical (unpaired) electrons. The SMILES string of the molecule is O=C(Nc1ccccc1)Nc1ccc(Nc2cc(Cl)ccc2Cl)nn1. The molecule has 1 aromatic heterocycles. The summed E-state index contributed by atoms with van der Waals surface area (Å²) in [5.74, 6) is 0.786. The summed E-state index contributed by atoms with van der Waals surface area (Å²) in [5.41, 5.74) is 1.30. The van der Waals surface area contributed by atoms with E-state index in [9.17, 15) is 4.79 Å². The third kappa shape index (κ3) is 4.82. The van der Waals surface area contributed by atoms with Crippen molar-refractivity contribution in [2.45, 2.75) is 0 Å². The lowest BCUT2D eigenvalue weighted by molar-refractivity contribution is 0.262. The number of carbonyl (C=O) groups excluding carboxylic acids is 1. The standard InChI is InChI=1S/C17H13Cl2N5O/c18-11-6-7-13(19)14(10-11)21-15-8-9-16(24-23-15)22-17(25)20-12-4-2-1-3-5-12/h1-10H,(H,21,23)(H2,20,22,24,25). The summed E-state index contributed by atoms with van der Waals surface area (Å²) in [4.78, 5) is 11.9. The molecule has 126 valence electrons. The van der Waals surface area contributed by atoms with Gasteiger partial charge in [0.1, 0.15) is 0 Å². The molecule has 0 spiro atoms. The number of halogens is 2. The van der Waals surface area contributed by atoms with Crippen molar-refractivity contribution >= 4 is 52.2 Å². The zero-order chi connectivity index (χ0) is 17.6. The molecule has 3 aromatic rings. The second kappa shape index (κ2) is 7.83. The molecule has 0 saturated heterocycles. The molecule has 0 bridgehead atoms. The molecule has 2 aromatic carbocycles. The van der Waals surface area contributed by atoms with Gasteiger partial charge in [-0.25, -0.2) is 4.79 Å². The summed E-state index contributed by atoms with van der Waals surface area (Å²) in [6.07, 6.45) is 0. The average Bonchev–Trinajstić information content (AvgIpc) is 2.61. The Balaban J connectivity index is 1.62. The van der Waals surface area contributed by atoms with Gasteiger partial charge in [-0.15, -0.1) is 10.2 Å². The number of urea groups is 1. The van der Waals surface area contributed by atoms with Gasteiger partial charge in [0.05, 0.1) is 10.7 Å². The fourth-order valence-electron chi connectivity index (χ4n) is 2.00. The number of hydrogen-bond acceptors (Lipinski definition) is 4. The predicted octanol–water partition coefficient (Wildman–Crippen LogP) is 5.17. The molecule has 25 heavy (non-hydrogen) atoms. The summed E-state index contributed by atoms with van der Waals surface area (Å²) in [5, 5.41) is 17.3. The van der Waals surface area contributed by atoms with Crippen molar-refractivity contribution in [2.75, 3.05) is 16.0 Å². The van der Waals surface area contributed by atoms with E-state index in [0.717, 1.165) is 0 Å². The van der Waals surface area contributed by atoms with Gasteiger partial charge in [0.15, 0.2) is 11.6 Å². The predicted molar refractivity (Wildman–Crippen MR) is 101 cm³/mol. The third-order valence-electron chi connectivity index (χ3n) is 3.13. The largest absolute Gasteiger partial charge is 0.337 e. The van der Waals surface area contributed by atoms with Crippen molar-refractivity contribution in [1.29, 1.82) is 0 Å². The number of carbonyl (C=O) groups is 1. The van der Waals surface area contributed by atoms with Crippen LogP contribution in [0.3, 0.4) is 0 Å². The van der Waals surface area contributed by atoms with E-state index in [1.165, 1.54) is 0 Å². The van der Waals surface area contributed by atoms with Crippen LogP contribution < -0.4 is 16.0 Å². The van der Waals surface area contributed by atoms with E-state index >= 15 is 0 Å². The first-order chi connectivity index (χ1) is 12.1. The topological polar surface area (TPSA) is 78.9 Å². The lowest BCUT2D eigenvalue weighted by atomic mass is 10.3. The highest BCUT2D eigenvalue weighted by Gasteiger charge is 2.06. The zero-order valence-electron chi connectivity index (χ0n) is 12.8. The molecule has 8 heteroatoms. The van der Waals surface area contributed by atoms with Crippen LogP contribution in [0.25, 0.3) is 0 Å². The number of nitrogens with zero attached hydrogens (tertiary/aromatic N) is 2. The highest BCUT2D eigenvalue weighted by atomic mass is 35.5. The number of para-hydroxylation sites is 1. The average molecular weight is 374 g/mol. The number of hydrogen-bond donors (Lipinski definition) is 3. The first-order valence-corrected chi connectivity index (χ1v) is 8.04. The molecule has 2 amide bonds.